The summed E-state index contributed by atoms with van der Waals surface area (Å²) in [5, 5.41) is 24.2. The van der Waals surface area contributed by atoms with Crippen molar-refractivity contribution >= 4 is 5.97 Å². The number of hydrogen-bond donors (Lipinski definition) is 3. The number of rotatable bonds is 4. The van der Waals surface area contributed by atoms with Crippen molar-refractivity contribution in [3.05, 3.63) is 12.7 Å². The molecule has 0 amide bonds. The summed E-state index contributed by atoms with van der Waals surface area (Å²) < 4.78 is 70.8. The molecule has 0 aromatic heterocycles. The third kappa shape index (κ3) is 10.3. The fourth-order valence-electron chi connectivity index (χ4n) is 0.799. The van der Waals surface area contributed by atoms with E-state index >= 15 is 0 Å². The standard InChI is InChI=1S/C6H8F6O2.C3H4O2/c7-5(8,9)4(6(10,11)12)1-3(14)2-13;1-2-3(4)5/h3-4,13-14H,1-2H2;2H,1H2,(H,4,5). The second kappa shape index (κ2) is 8.00. The van der Waals surface area contributed by atoms with Gasteiger partial charge in [0.1, 0.15) is 0 Å². The van der Waals surface area contributed by atoms with Crippen molar-refractivity contribution in [3.63, 3.8) is 0 Å². The maximum absolute atomic E-state index is 11.8. The van der Waals surface area contributed by atoms with E-state index in [0.29, 0.717) is 0 Å². The van der Waals surface area contributed by atoms with Crippen molar-refractivity contribution in [2.24, 2.45) is 5.92 Å². The molecule has 3 N–H and O–H groups in total. The first-order valence-electron chi connectivity index (χ1n) is 4.64. The average Bonchev–Trinajstić information content (AvgIpc) is 2.23. The van der Waals surface area contributed by atoms with E-state index in [1.54, 1.807) is 0 Å². The van der Waals surface area contributed by atoms with Gasteiger partial charge in [-0.15, -0.1) is 0 Å². The Hall–Kier alpha value is -1.29. The van der Waals surface area contributed by atoms with Gasteiger partial charge in [0.05, 0.1) is 12.7 Å². The molecule has 0 radical (unpaired) electrons. The third-order valence-electron chi connectivity index (χ3n) is 1.68. The normalized spacial score (nSPS) is 13.5. The SMILES string of the molecule is C=CC(=O)O.OCC(O)CC(C(F)(F)F)C(F)(F)F. The van der Waals surface area contributed by atoms with E-state index in [-0.39, 0.29) is 0 Å². The lowest BCUT2D eigenvalue weighted by Gasteiger charge is -2.24. The van der Waals surface area contributed by atoms with E-state index < -0.39 is 43.4 Å². The molecule has 0 heterocycles. The number of aliphatic carboxylic acids is 1. The Morgan fingerprint density at radius 3 is 1.63 bits per heavy atom. The van der Waals surface area contributed by atoms with Crippen molar-refractivity contribution in [2.75, 3.05) is 6.61 Å². The topological polar surface area (TPSA) is 77.8 Å². The third-order valence-corrected chi connectivity index (χ3v) is 1.68. The second-order valence-electron chi connectivity index (χ2n) is 3.25. The summed E-state index contributed by atoms with van der Waals surface area (Å²) in [4.78, 5) is 9.25. The van der Waals surface area contributed by atoms with Crippen LogP contribution in [-0.2, 0) is 4.79 Å². The highest BCUT2D eigenvalue weighted by Gasteiger charge is 2.56. The summed E-state index contributed by atoms with van der Waals surface area (Å²) in [6.07, 6.45) is -13.7. The molecule has 0 fully saturated rings. The minimum Gasteiger partial charge on any atom is -0.478 e. The van der Waals surface area contributed by atoms with Gasteiger partial charge in [-0.2, -0.15) is 26.3 Å². The summed E-state index contributed by atoms with van der Waals surface area (Å²) in [6.45, 7) is 1.82. The first-order valence-corrected chi connectivity index (χ1v) is 4.64. The summed E-state index contributed by atoms with van der Waals surface area (Å²) in [5.74, 6) is -4.58. The van der Waals surface area contributed by atoms with Gasteiger partial charge in [0, 0.05) is 6.08 Å². The van der Waals surface area contributed by atoms with Crippen LogP contribution in [0.4, 0.5) is 26.3 Å². The van der Waals surface area contributed by atoms with Crippen LogP contribution in [0.1, 0.15) is 6.42 Å². The molecule has 0 saturated carbocycles. The van der Waals surface area contributed by atoms with E-state index in [1.165, 1.54) is 0 Å². The van der Waals surface area contributed by atoms with Gasteiger partial charge in [0.15, 0.2) is 5.92 Å². The second-order valence-corrected chi connectivity index (χ2v) is 3.25. The van der Waals surface area contributed by atoms with Crippen LogP contribution < -0.4 is 0 Å². The lowest BCUT2D eigenvalue weighted by atomic mass is 10.0. The molecule has 0 spiro atoms. The smallest absolute Gasteiger partial charge is 0.400 e. The predicted molar refractivity (Wildman–Crippen MR) is 51.1 cm³/mol. The maximum atomic E-state index is 11.8. The van der Waals surface area contributed by atoms with Gasteiger partial charge in [-0.05, 0) is 6.42 Å². The molecule has 10 heteroatoms. The quantitative estimate of drug-likeness (QED) is 0.545. The summed E-state index contributed by atoms with van der Waals surface area (Å²) in [7, 11) is 0. The van der Waals surface area contributed by atoms with Gasteiger partial charge < -0.3 is 15.3 Å². The predicted octanol–water partition coefficient (Wildman–Crippen LogP) is 1.73. The molecular weight excluding hydrogens is 286 g/mol. The van der Waals surface area contributed by atoms with Crippen molar-refractivity contribution < 1.29 is 46.5 Å². The zero-order valence-electron chi connectivity index (χ0n) is 9.37. The number of carboxylic acid groups (broad SMARTS) is 1. The van der Waals surface area contributed by atoms with Crippen molar-refractivity contribution in [3.8, 4) is 0 Å². The molecule has 0 saturated heterocycles. The fourth-order valence-corrected chi connectivity index (χ4v) is 0.799. The zero-order valence-corrected chi connectivity index (χ0v) is 9.37. The van der Waals surface area contributed by atoms with Crippen LogP contribution in [0.3, 0.4) is 0 Å². The number of carbonyl (C=O) groups is 1. The Labute approximate surface area is 104 Å². The van der Waals surface area contributed by atoms with Crippen LogP contribution in [0.5, 0.6) is 0 Å². The zero-order chi connectivity index (χ0) is 15.9. The minimum absolute atomic E-state index is 0.833. The van der Waals surface area contributed by atoms with Gasteiger partial charge in [-0.3, -0.25) is 0 Å². The van der Waals surface area contributed by atoms with E-state index in [4.69, 9.17) is 15.3 Å². The molecule has 0 aromatic carbocycles. The lowest BCUT2D eigenvalue weighted by molar-refractivity contribution is -0.290. The molecule has 4 nitrogen and oxygen atoms in total. The Bertz CT molecular complexity index is 271. The number of hydrogen-bond acceptors (Lipinski definition) is 3. The highest BCUT2D eigenvalue weighted by molar-refractivity contribution is 5.78. The first-order chi connectivity index (χ1) is 8.36. The monoisotopic (exact) mass is 298 g/mol. The van der Waals surface area contributed by atoms with Gasteiger partial charge in [0.2, 0.25) is 0 Å². The first kappa shape index (κ1) is 20.0. The summed E-state index contributed by atoms with van der Waals surface area (Å²) in [6, 6.07) is 0. The molecule has 0 aliphatic rings. The van der Waals surface area contributed by atoms with Crippen molar-refractivity contribution in [2.45, 2.75) is 24.9 Å². The molecule has 0 aromatic rings. The number of alkyl halides is 6. The van der Waals surface area contributed by atoms with Gasteiger partial charge in [-0.1, -0.05) is 6.58 Å². The van der Waals surface area contributed by atoms with Crippen LogP contribution in [0.15, 0.2) is 12.7 Å². The number of aliphatic hydroxyl groups is 2. The molecule has 1 unspecified atom stereocenters. The van der Waals surface area contributed by atoms with Crippen LogP contribution in [-0.4, -0.2) is 46.4 Å². The summed E-state index contributed by atoms with van der Waals surface area (Å²) >= 11 is 0. The Morgan fingerprint density at radius 2 is 1.47 bits per heavy atom. The molecule has 19 heavy (non-hydrogen) atoms. The van der Waals surface area contributed by atoms with Gasteiger partial charge in [-0.25, -0.2) is 4.79 Å². The van der Waals surface area contributed by atoms with Crippen LogP contribution in [0.2, 0.25) is 0 Å². The van der Waals surface area contributed by atoms with Gasteiger partial charge in [0.25, 0.3) is 0 Å². The Balaban J connectivity index is 0. The molecule has 0 aliphatic heterocycles. The number of carboxylic acids is 1. The molecule has 0 bridgehead atoms. The molecular formula is C9H12F6O4. The highest BCUT2D eigenvalue weighted by atomic mass is 19.4. The van der Waals surface area contributed by atoms with Crippen molar-refractivity contribution in [1.82, 2.24) is 0 Å². The average molecular weight is 298 g/mol. The number of halogens is 6. The molecule has 0 aliphatic carbocycles. The van der Waals surface area contributed by atoms with Crippen LogP contribution in [0, 0.1) is 5.92 Å². The highest BCUT2D eigenvalue weighted by Crippen LogP contribution is 2.41. The van der Waals surface area contributed by atoms with Gasteiger partial charge >= 0.3 is 18.3 Å². The largest absolute Gasteiger partial charge is 0.478 e. The van der Waals surface area contributed by atoms with Crippen LogP contribution in [0.25, 0.3) is 0 Å². The van der Waals surface area contributed by atoms with E-state index in [1.807, 2.05) is 0 Å². The molecule has 1 atom stereocenters. The van der Waals surface area contributed by atoms with Crippen LogP contribution >= 0.6 is 0 Å². The minimum atomic E-state index is -5.46. The fraction of sp³-hybridized carbons (Fsp3) is 0.667. The Kier molecular flexibility index (Phi) is 8.43. The van der Waals surface area contributed by atoms with E-state index in [9.17, 15) is 31.1 Å². The summed E-state index contributed by atoms with van der Waals surface area (Å²) in [5.41, 5.74) is 0. The lowest BCUT2D eigenvalue weighted by Crippen LogP contribution is -2.39. The van der Waals surface area contributed by atoms with E-state index in [0.717, 1.165) is 6.08 Å². The molecule has 114 valence electrons. The maximum Gasteiger partial charge on any atom is 0.400 e. The molecule has 0 rings (SSSR count). The number of aliphatic hydroxyl groups excluding tert-OH is 2. The van der Waals surface area contributed by atoms with Crippen molar-refractivity contribution in [1.29, 1.82) is 0 Å². The van der Waals surface area contributed by atoms with E-state index in [2.05, 4.69) is 6.58 Å². The Morgan fingerprint density at radius 1 is 1.16 bits per heavy atom.